The maximum atomic E-state index is 5.60. The van der Waals surface area contributed by atoms with E-state index in [0.717, 1.165) is 21.7 Å². The minimum atomic E-state index is 0.501. The van der Waals surface area contributed by atoms with E-state index >= 15 is 0 Å². The fourth-order valence-corrected chi connectivity index (χ4v) is 2.16. The summed E-state index contributed by atoms with van der Waals surface area (Å²) in [6, 6.07) is 15.2. The van der Waals surface area contributed by atoms with Gasteiger partial charge in [0.2, 0.25) is 0 Å². The van der Waals surface area contributed by atoms with Crippen molar-refractivity contribution in [1.29, 1.82) is 0 Å². The monoisotopic (exact) mass is 366 g/mol. The molecule has 0 radical (unpaired) electrons. The van der Waals surface area contributed by atoms with Gasteiger partial charge in [-0.05, 0) is 52.3 Å². The third-order valence-electron chi connectivity index (χ3n) is 2.88. The van der Waals surface area contributed by atoms with Crippen LogP contribution in [0.3, 0.4) is 0 Å². The highest BCUT2D eigenvalue weighted by Gasteiger charge is 1.99. The van der Waals surface area contributed by atoms with Crippen molar-refractivity contribution >= 4 is 15.9 Å². The Hall–Kier alpha value is -1.72. The molecule has 2 aromatic rings. The van der Waals surface area contributed by atoms with E-state index < -0.39 is 0 Å². The van der Waals surface area contributed by atoms with Gasteiger partial charge in [-0.1, -0.05) is 12.1 Å². The molecule has 0 fully saturated rings. The smallest absolute Gasteiger partial charge is 0.133 e. The lowest BCUT2D eigenvalue weighted by molar-refractivity contribution is 0.0762. The predicted octanol–water partition coefficient (Wildman–Crippen LogP) is 3.93. The summed E-state index contributed by atoms with van der Waals surface area (Å²) in [7, 11) is 1.64. The lowest BCUT2D eigenvalue weighted by atomic mass is 10.3. The molecule has 5 heteroatoms. The third kappa shape index (κ3) is 5.58. The van der Waals surface area contributed by atoms with Crippen LogP contribution < -0.4 is 14.2 Å². The molecule has 2 rings (SSSR count). The minimum absolute atomic E-state index is 0.501. The molecule has 0 atom stereocenters. The van der Waals surface area contributed by atoms with Gasteiger partial charge in [-0.3, -0.25) is 0 Å². The average molecular weight is 367 g/mol. The van der Waals surface area contributed by atoms with Crippen molar-refractivity contribution in [3.05, 3.63) is 53.0 Å². The second kappa shape index (κ2) is 9.33. The Labute approximate surface area is 139 Å². The van der Waals surface area contributed by atoms with Gasteiger partial charge in [-0.2, -0.15) is 0 Å². The van der Waals surface area contributed by atoms with Crippen LogP contribution in [-0.2, 0) is 4.74 Å². The maximum Gasteiger partial charge on any atom is 0.133 e. The molecule has 0 aliphatic rings. The van der Waals surface area contributed by atoms with Crippen LogP contribution in [0.5, 0.6) is 17.2 Å². The second-order valence-electron chi connectivity index (χ2n) is 4.42. The van der Waals surface area contributed by atoms with E-state index in [1.54, 1.807) is 7.11 Å². The number of ether oxygens (including phenoxy) is 4. The minimum Gasteiger partial charge on any atom is -0.497 e. The van der Waals surface area contributed by atoms with Crippen LogP contribution in [0, 0.1) is 0 Å². The van der Waals surface area contributed by atoms with Crippen LogP contribution in [0.4, 0.5) is 0 Å². The van der Waals surface area contributed by atoms with Crippen LogP contribution in [0.25, 0.3) is 0 Å². The molecule has 4 nitrogen and oxygen atoms in total. The van der Waals surface area contributed by atoms with Crippen LogP contribution in [0.2, 0.25) is 0 Å². The molecule has 0 saturated carbocycles. The Bertz CT molecular complexity index is 557. The average Bonchev–Trinajstić information content (AvgIpc) is 2.56. The first kappa shape index (κ1) is 16.6. The number of halogens is 1. The third-order valence-corrected chi connectivity index (χ3v) is 3.53. The van der Waals surface area contributed by atoms with Gasteiger partial charge in [0, 0.05) is 0 Å². The van der Waals surface area contributed by atoms with E-state index in [0.29, 0.717) is 26.4 Å². The summed E-state index contributed by atoms with van der Waals surface area (Å²) in [5.41, 5.74) is 0. The van der Waals surface area contributed by atoms with Crippen molar-refractivity contribution < 1.29 is 18.9 Å². The molecule has 2 aromatic carbocycles. The first-order valence-corrected chi connectivity index (χ1v) is 7.81. The molecule has 0 N–H and O–H groups in total. The maximum absolute atomic E-state index is 5.60. The van der Waals surface area contributed by atoms with Crippen molar-refractivity contribution in [2.75, 3.05) is 33.5 Å². The molecule has 22 heavy (non-hydrogen) atoms. The zero-order chi connectivity index (χ0) is 15.6. The van der Waals surface area contributed by atoms with Gasteiger partial charge in [0.15, 0.2) is 0 Å². The summed E-state index contributed by atoms with van der Waals surface area (Å²) in [6.45, 7) is 2.05. The normalized spacial score (nSPS) is 10.3. The van der Waals surface area contributed by atoms with Crippen LogP contribution in [0.1, 0.15) is 0 Å². The van der Waals surface area contributed by atoms with Crippen molar-refractivity contribution in [2.24, 2.45) is 0 Å². The summed E-state index contributed by atoms with van der Waals surface area (Å²) < 4.78 is 22.7. The van der Waals surface area contributed by atoms with Gasteiger partial charge in [-0.25, -0.2) is 0 Å². The summed E-state index contributed by atoms with van der Waals surface area (Å²) in [5, 5.41) is 0. The van der Waals surface area contributed by atoms with Gasteiger partial charge >= 0.3 is 0 Å². The first-order chi connectivity index (χ1) is 10.8. The number of rotatable bonds is 9. The Morgan fingerprint density at radius 1 is 0.773 bits per heavy atom. The Balaban J connectivity index is 1.55. The topological polar surface area (TPSA) is 36.9 Å². The highest BCUT2D eigenvalue weighted by atomic mass is 79.9. The summed E-state index contributed by atoms with van der Waals surface area (Å²) in [5.74, 6) is 2.43. The zero-order valence-corrected chi connectivity index (χ0v) is 14.0. The lowest BCUT2D eigenvalue weighted by Crippen LogP contribution is -2.12. The predicted molar refractivity (Wildman–Crippen MR) is 88.9 cm³/mol. The molecule has 0 heterocycles. The van der Waals surface area contributed by atoms with E-state index in [-0.39, 0.29) is 0 Å². The van der Waals surface area contributed by atoms with Crippen LogP contribution in [-0.4, -0.2) is 33.5 Å². The highest BCUT2D eigenvalue weighted by molar-refractivity contribution is 9.10. The summed E-state index contributed by atoms with van der Waals surface area (Å²) in [4.78, 5) is 0. The second-order valence-corrected chi connectivity index (χ2v) is 5.27. The van der Waals surface area contributed by atoms with E-state index in [9.17, 15) is 0 Å². The molecular formula is C17H19BrO4. The molecule has 0 saturated heterocycles. The van der Waals surface area contributed by atoms with Crippen molar-refractivity contribution in [1.82, 2.24) is 0 Å². The molecule has 0 aromatic heterocycles. The van der Waals surface area contributed by atoms with E-state index in [1.165, 1.54) is 0 Å². The number of benzene rings is 2. The van der Waals surface area contributed by atoms with Crippen LogP contribution in [0.15, 0.2) is 53.0 Å². The Morgan fingerprint density at radius 2 is 1.41 bits per heavy atom. The van der Waals surface area contributed by atoms with Crippen molar-refractivity contribution in [3.8, 4) is 17.2 Å². The number of hydrogen-bond acceptors (Lipinski definition) is 4. The molecule has 118 valence electrons. The summed E-state index contributed by atoms with van der Waals surface area (Å²) in [6.07, 6.45) is 0. The molecule has 0 amide bonds. The molecule has 0 aliphatic heterocycles. The fourth-order valence-electron chi connectivity index (χ4n) is 1.76. The van der Waals surface area contributed by atoms with Crippen LogP contribution >= 0.6 is 15.9 Å². The van der Waals surface area contributed by atoms with Gasteiger partial charge in [0.05, 0.1) is 24.8 Å². The first-order valence-electron chi connectivity index (χ1n) is 7.01. The van der Waals surface area contributed by atoms with Crippen molar-refractivity contribution in [3.63, 3.8) is 0 Å². The van der Waals surface area contributed by atoms with E-state index in [1.807, 2.05) is 48.5 Å². The zero-order valence-electron chi connectivity index (χ0n) is 12.5. The van der Waals surface area contributed by atoms with Gasteiger partial charge < -0.3 is 18.9 Å². The van der Waals surface area contributed by atoms with Crippen molar-refractivity contribution in [2.45, 2.75) is 0 Å². The number of methoxy groups -OCH3 is 1. The fraction of sp³-hybridized carbons (Fsp3) is 0.294. The molecular weight excluding hydrogens is 348 g/mol. The number of para-hydroxylation sites is 1. The lowest BCUT2D eigenvalue weighted by Gasteiger charge is -2.09. The molecule has 0 spiro atoms. The Morgan fingerprint density at radius 3 is 2.09 bits per heavy atom. The summed E-state index contributed by atoms with van der Waals surface area (Å²) >= 11 is 3.43. The molecule has 0 bridgehead atoms. The largest absolute Gasteiger partial charge is 0.497 e. The standard InChI is InChI=1S/C17H19BrO4/c1-19-14-6-8-15(9-7-14)21-12-10-20-11-13-22-17-5-3-2-4-16(17)18/h2-9H,10-13H2,1H3. The number of hydrogen-bond donors (Lipinski definition) is 0. The van der Waals surface area contributed by atoms with E-state index in [2.05, 4.69) is 15.9 Å². The van der Waals surface area contributed by atoms with Gasteiger partial charge in [0.1, 0.15) is 30.5 Å². The molecule has 0 aliphatic carbocycles. The quantitative estimate of drug-likeness (QED) is 0.630. The van der Waals surface area contributed by atoms with E-state index in [4.69, 9.17) is 18.9 Å². The van der Waals surface area contributed by atoms with Gasteiger partial charge in [0.25, 0.3) is 0 Å². The molecule has 0 unspecified atom stereocenters. The van der Waals surface area contributed by atoms with Gasteiger partial charge in [-0.15, -0.1) is 0 Å². The Kier molecular flexibility index (Phi) is 7.06. The highest BCUT2D eigenvalue weighted by Crippen LogP contribution is 2.23. The SMILES string of the molecule is COc1ccc(OCCOCCOc2ccccc2Br)cc1.